The Morgan fingerprint density at radius 2 is 1.87 bits per heavy atom. The third-order valence-corrected chi connectivity index (χ3v) is 5.70. The lowest BCUT2D eigenvalue weighted by atomic mass is 10.2. The van der Waals surface area contributed by atoms with Crippen LogP contribution in [0.25, 0.3) is 5.52 Å². The van der Waals surface area contributed by atoms with Crippen LogP contribution >= 0.6 is 0 Å². The molecule has 2 N–H and O–H groups in total. The van der Waals surface area contributed by atoms with Crippen molar-refractivity contribution in [3.05, 3.63) is 114 Å². The Morgan fingerprint density at radius 3 is 2.69 bits per heavy atom. The van der Waals surface area contributed by atoms with Crippen molar-refractivity contribution in [2.24, 2.45) is 0 Å². The molecule has 0 aliphatic heterocycles. The number of aromatic nitrogens is 4. The van der Waals surface area contributed by atoms with Gasteiger partial charge >= 0.3 is 5.97 Å². The predicted molar refractivity (Wildman–Crippen MR) is 140 cm³/mol. The number of anilines is 2. The minimum Gasteiger partial charge on any atom is -0.479 e. The van der Waals surface area contributed by atoms with E-state index >= 15 is 0 Å². The van der Waals surface area contributed by atoms with Gasteiger partial charge in [-0.15, -0.1) is 0 Å². The molecule has 2 aromatic carbocycles. The number of benzene rings is 2. The van der Waals surface area contributed by atoms with Gasteiger partial charge in [-0.25, -0.2) is 23.7 Å². The number of rotatable bonds is 9. The molecule has 0 aliphatic rings. The molecule has 0 fully saturated rings. The van der Waals surface area contributed by atoms with Gasteiger partial charge in [-0.1, -0.05) is 36.4 Å². The number of methoxy groups -OCH3 is 1. The molecule has 0 aliphatic carbocycles. The fourth-order valence-electron chi connectivity index (χ4n) is 3.87. The quantitative estimate of drug-likeness (QED) is 0.273. The van der Waals surface area contributed by atoms with E-state index in [4.69, 9.17) is 9.47 Å². The van der Waals surface area contributed by atoms with Crippen LogP contribution in [0.4, 0.5) is 15.9 Å². The van der Waals surface area contributed by atoms with Crippen LogP contribution in [-0.4, -0.2) is 38.6 Å². The molecule has 0 saturated heterocycles. The van der Waals surface area contributed by atoms with Gasteiger partial charge in [-0.3, -0.25) is 4.79 Å². The van der Waals surface area contributed by atoms with E-state index < -0.39 is 17.7 Å². The molecule has 11 heteroatoms. The van der Waals surface area contributed by atoms with E-state index in [-0.39, 0.29) is 41.8 Å². The molecule has 5 rings (SSSR count). The Balaban J connectivity index is 1.30. The second-order valence-corrected chi connectivity index (χ2v) is 8.40. The lowest BCUT2D eigenvalue weighted by Crippen LogP contribution is -2.26. The second-order valence-electron chi connectivity index (χ2n) is 8.40. The van der Waals surface area contributed by atoms with Gasteiger partial charge in [0.05, 0.1) is 36.6 Å². The van der Waals surface area contributed by atoms with Crippen molar-refractivity contribution in [3.63, 3.8) is 0 Å². The number of fused-ring (bicyclic) bond motifs is 1. The summed E-state index contributed by atoms with van der Waals surface area (Å²) in [4.78, 5) is 34.0. The monoisotopic (exact) mass is 526 g/mol. The average molecular weight is 527 g/mol. The smallest absolute Gasteiger partial charge is 0.338 e. The molecule has 0 unspecified atom stereocenters. The van der Waals surface area contributed by atoms with Crippen molar-refractivity contribution in [3.8, 4) is 5.88 Å². The van der Waals surface area contributed by atoms with Crippen LogP contribution in [0.3, 0.4) is 0 Å². The molecular formula is C28H23FN6O4. The zero-order chi connectivity index (χ0) is 27.2. The minimum atomic E-state index is -0.686. The SMILES string of the molecule is COc1ncc(Nc2cc(F)cc(C(=O)OCc3ccccc3)c2)nc1C(=O)NCc1cccc2ccnn12. The van der Waals surface area contributed by atoms with Crippen LogP contribution in [-0.2, 0) is 17.9 Å². The van der Waals surface area contributed by atoms with Crippen LogP contribution in [0.1, 0.15) is 32.1 Å². The number of carbonyl (C=O) groups is 2. The van der Waals surface area contributed by atoms with Crippen molar-refractivity contribution in [2.75, 3.05) is 12.4 Å². The highest BCUT2D eigenvalue weighted by Gasteiger charge is 2.18. The summed E-state index contributed by atoms with van der Waals surface area (Å²) in [5, 5.41) is 9.93. The highest BCUT2D eigenvalue weighted by atomic mass is 19.1. The second kappa shape index (κ2) is 11.4. The topological polar surface area (TPSA) is 120 Å². The Morgan fingerprint density at radius 1 is 1.03 bits per heavy atom. The van der Waals surface area contributed by atoms with Crippen molar-refractivity contribution in [2.45, 2.75) is 13.2 Å². The van der Waals surface area contributed by atoms with E-state index in [1.807, 2.05) is 54.6 Å². The molecule has 5 aromatic rings. The van der Waals surface area contributed by atoms with Crippen molar-refractivity contribution in [1.82, 2.24) is 24.9 Å². The summed E-state index contributed by atoms with van der Waals surface area (Å²) < 4.78 is 26.6. The van der Waals surface area contributed by atoms with Gasteiger partial charge < -0.3 is 20.1 Å². The van der Waals surface area contributed by atoms with E-state index in [9.17, 15) is 14.0 Å². The fourth-order valence-corrected chi connectivity index (χ4v) is 3.87. The Bertz CT molecular complexity index is 1640. The number of nitrogens with one attached hydrogen (secondary N) is 2. The van der Waals surface area contributed by atoms with Crippen molar-refractivity contribution < 1.29 is 23.5 Å². The highest BCUT2D eigenvalue weighted by Crippen LogP contribution is 2.22. The van der Waals surface area contributed by atoms with E-state index in [2.05, 4.69) is 25.7 Å². The molecule has 0 atom stereocenters. The molecule has 0 radical (unpaired) electrons. The maximum absolute atomic E-state index is 14.4. The zero-order valence-corrected chi connectivity index (χ0v) is 20.8. The summed E-state index contributed by atoms with van der Waals surface area (Å²) in [6.45, 7) is 0.231. The summed E-state index contributed by atoms with van der Waals surface area (Å²) in [6.07, 6.45) is 3.00. The first-order chi connectivity index (χ1) is 19.0. The fraction of sp³-hybridized carbons (Fsp3) is 0.107. The molecule has 1 amide bonds. The summed E-state index contributed by atoms with van der Waals surface area (Å²) in [5.74, 6) is -1.71. The third kappa shape index (κ3) is 5.99. The highest BCUT2D eigenvalue weighted by molar-refractivity contribution is 5.95. The molecular weight excluding hydrogens is 503 g/mol. The number of ether oxygens (including phenoxy) is 2. The molecule has 10 nitrogen and oxygen atoms in total. The van der Waals surface area contributed by atoms with E-state index in [1.165, 1.54) is 25.4 Å². The van der Waals surface area contributed by atoms with Crippen LogP contribution in [0.5, 0.6) is 5.88 Å². The molecule has 3 heterocycles. The standard InChI is InChI=1S/C28H23FN6O4/c1-38-27-25(26(36)30-15-23-9-5-8-22-10-11-32-35(22)23)34-24(16-31-27)33-21-13-19(12-20(29)14-21)28(37)39-17-18-6-3-2-4-7-18/h2-14,16H,15,17H2,1H3,(H,30,36)(H,33,34). The molecule has 196 valence electrons. The maximum Gasteiger partial charge on any atom is 0.338 e. The van der Waals surface area contributed by atoms with Gasteiger partial charge in [0.15, 0.2) is 5.69 Å². The number of pyridine rings is 1. The van der Waals surface area contributed by atoms with E-state index in [0.29, 0.717) is 0 Å². The number of nitrogens with zero attached hydrogens (tertiary/aromatic N) is 4. The summed E-state index contributed by atoms with van der Waals surface area (Å²) in [6, 6.07) is 20.3. The third-order valence-electron chi connectivity index (χ3n) is 5.70. The van der Waals surface area contributed by atoms with Crippen LogP contribution in [0.15, 0.2) is 85.2 Å². The van der Waals surface area contributed by atoms with Gasteiger partial charge in [0, 0.05) is 11.9 Å². The molecule has 0 spiro atoms. The van der Waals surface area contributed by atoms with Gasteiger partial charge in [0.2, 0.25) is 5.88 Å². The van der Waals surface area contributed by atoms with Gasteiger partial charge in [-0.05, 0) is 42.0 Å². The summed E-state index contributed by atoms with van der Waals surface area (Å²) in [7, 11) is 1.37. The Labute approximate surface area is 222 Å². The zero-order valence-electron chi connectivity index (χ0n) is 20.8. The van der Waals surface area contributed by atoms with E-state index in [0.717, 1.165) is 22.8 Å². The predicted octanol–water partition coefficient (Wildman–Crippen LogP) is 4.30. The Hall–Kier alpha value is -5.32. The van der Waals surface area contributed by atoms with Crippen molar-refractivity contribution in [1.29, 1.82) is 0 Å². The number of hydrogen-bond acceptors (Lipinski definition) is 8. The van der Waals surface area contributed by atoms with Crippen LogP contribution in [0.2, 0.25) is 0 Å². The number of esters is 1. The van der Waals surface area contributed by atoms with E-state index in [1.54, 1.807) is 10.7 Å². The average Bonchev–Trinajstić information content (AvgIpc) is 3.44. The van der Waals surface area contributed by atoms with Gasteiger partial charge in [0.25, 0.3) is 5.91 Å². The van der Waals surface area contributed by atoms with Crippen molar-refractivity contribution >= 4 is 28.9 Å². The number of halogens is 1. The molecule has 0 saturated carbocycles. The normalized spacial score (nSPS) is 10.7. The molecule has 3 aromatic heterocycles. The number of hydrogen-bond donors (Lipinski definition) is 2. The summed E-state index contributed by atoms with van der Waals surface area (Å²) >= 11 is 0. The molecule has 39 heavy (non-hydrogen) atoms. The number of carbonyl (C=O) groups excluding carboxylic acids is 2. The molecule has 0 bridgehead atoms. The lowest BCUT2D eigenvalue weighted by molar-refractivity contribution is 0.0472. The first-order valence-electron chi connectivity index (χ1n) is 11.9. The summed E-state index contributed by atoms with van der Waals surface area (Å²) in [5.41, 5.74) is 2.62. The maximum atomic E-state index is 14.4. The lowest BCUT2D eigenvalue weighted by Gasteiger charge is -2.12. The van der Waals surface area contributed by atoms with Crippen LogP contribution in [0, 0.1) is 5.82 Å². The van der Waals surface area contributed by atoms with Crippen LogP contribution < -0.4 is 15.4 Å². The minimum absolute atomic E-state index is 0.0137. The number of amides is 1. The van der Waals surface area contributed by atoms with Gasteiger partial charge in [-0.2, -0.15) is 5.10 Å². The van der Waals surface area contributed by atoms with Gasteiger partial charge in [0.1, 0.15) is 18.2 Å². The Kier molecular flexibility index (Phi) is 7.39. The largest absolute Gasteiger partial charge is 0.479 e. The first-order valence-corrected chi connectivity index (χ1v) is 11.9. The first kappa shape index (κ1) is 25.3.